The Hall–Kier alpha value is -1.11. The molecule has 0 rings (SSSR count). The van der Waals surface area contributed by atoms with Gasteiger partial charge in [0, 0.05) is 13.0 Å². The fourth-order valence-electron chi connectivity index (χ4n) is 0.257. The van der Waals surface area contributed by atoms with Crippen molar-refractivity contribution in [2.45, 2.75) is 6.92 Å². The average Bonchev–Trinajstić information content (AvgIpc) is 2.01. The molecular formula is C8H9NaO6. The number of carboxylic acids is 2. The van der Waals surface area contributed by atoms with E-state index < -0.39 is 11.9 Å². The molecule has 78 valence electrons. The first kappa shape index (κ1) is 19.5. The van der Waals surface area contributed by atoms with E-state index in [4.69, 9.17) is 5.11 Å². The van der Waals surface area contributed by atoms with E-state index in [9.17, 15) is 19.5 Å². The van der Waals surface area contributed by atoms with Crippen molar-refractivity contribution >= 4 is 17.9 Å². The van der Waals surface area contributed by atoms with Gasteiger partial charge in [-0.3, -0.25) is 4.79 Å². The van der Waals surface area contributed by atoms with Gasteiger partial charge in [-0.05, 0) is 6.08 Å². The van der Waals surface area contributed by atoms with E-state index in [1.165, 1.54) is 6.92 Å². The molecule has 7 heteroatoms. The summed E-state index contributed by atoms with van der Waals surface area (Å²) in [5, 5.41) is 17.2. The second-order valence-corrected chi connectivity index (χ2v) is 1.77. The summed E-state index contributed by atoms with van der Waals surface area (Å²) in [6, 6.07) is 0. The Kier molecular flexibility index (Phi) is 16.7. The third-order valence-corrected chi connectivity index (χ3v) is 0.611. The summed E-state index contributed by atoms with van der Waals surface area (Å²) < 4.78 is 4.17. The molecule has 0 amide bonds. The van der Waals surface area contributed by atoms with Gasteiger partial charge in [0.25, 0.3) is 0 Å². The summed E-state index contributed by atoms with van der Waals surface area (Å²) >= 11 is 0. The smallest absolute Gasteiger partial charge is 0.545 e. The molecule has 0 bridgehead atoms. The fraction of sp³-hybridized carbons (Fsp3) is 0.125. The van der Waals surface area contributed by atoms with E-state index in [0.29, 0.717) is 12.2 Å². The van der Waals surface area contributed by atoms with Gasteiger partial charge in [-0.15, -0.1) is 0 Å². The zero-order valence-corrected chi connectivity index (χ0v) is 10.4. The Morgan fingerprint density at radius 2 is 1.80 bits per heavy atom. The molecule has 0 unspecified atom stereocenters. The minimum Gasteiger partial charge on any atom is -0.545 e. The first-order chi connectivity index (χ1) is 6.40. The topological polar surface area (TPSA) is 104 Å². The van der Waals surface area contributed by atoms with Crippen LogP contribution in [0, 0.1) is 0 Å². The van der Waals surface area contributed by atoms with Gasteiger partial charge in [0.2, 0.25) is 0 Å². The Bertz CT molecular complexity index is 242. The van der Waals surface area contributed by atoms with Crippen molar-refractivity contribution in [3.05, 3.63) is 25.0 Å². The number of carbonyl (C=O) groups is 3. The van der Waals surface area contributed by atoms with Crippen LogP contribution in [0.2, 0.25) is 0 Å². The van der Waals surface area contributed by atoms with Crippen LogP contribution in [0.3, 0.4) is 0 Å². The molecular weight excluding hydrogens is 215 g/mol. The fourth-order valence-corrected chi connectivity index (χ4v) is 0.257. The maximum absolute atomic E-state index is 9.75. The summed E-state index contributed by atoms with van der Waals surface area (Å²) in [6.07, 6.45) is 2.04. The van der Waals surface area contributed by atoms with E-state index in [1.807, 2.05) is 0 Å². The van der Waals surface area contributed by atoms with E-state index in [1.54, 1.807) is 0 Å². The Labute approximate surface area is 109 Å². The van der Waals surface area contributed by atoms with Crippen molar-refractivity contribution in [3.8, 4) is 0 Å². The molecule has 0 fully saturated rings. The van der Waals surface area contributed by atoms with Crippen LogP contribution in [-0.2, 0) is 19.1 Å². The van der Waals surface area contributed by atoms with Crippen LogP contribution in [0.25, 0.3) is 0 Å². The van der Waals surface area contributed by atoms with Crippen LogP contribution in [0.5, 0.6) is 0 Å². The average molecular weight is 224 g/mol. The summed E-state index contributed by atoms with van der Waals surface area (Å²) in [4.78, 5) is 28.7. The maximum atomic E-state index is 9.75. The number of carbonyl (C=O) groups excluding carboxylic acids is 2. The predicted octanol–water partition coefficient (Wildman–Crippen LogP) is -3.93. The standard InChI is InChI=1S/C4H4O4.C4H6O2.Na/c5-3(6)1-2-4(7)8;1-3-6-4(2)5;/h1-2H,(H,5,6)(H,7,8);3H,1H2,2H3;/q;;+1/p-1. The van der Waals surface area contributed by atoms with Crippen LogP contribution in [-0.4, -0.2) is 23.0 Å². The van der Waals surface area contributed by atoms with E-state index in [0.717, 1.165) is 6.26 Å². The normalized spacial score (nSPS) is 7.80. The van der Waals surface area contributed by atoms with E-state index in [-0.39, 0.29) is 35.5 Å². The Balaban J connectivity index is -0.000000187. The predicted molar refractivity (Wildman–Crippen MR) is 43.7 cm³/mol. The van der Waals surface area contributed by atoms with Gasteiger partial charge in [0.1, 0.15) is 0 Å². The first-order valence-corrected chi connectivity index (χ1v) is 3.30. The largest absolute Gasteiger partial charge is 1.00 e. The molecule has 0 saturated carbocycles. The van der Waals surface area contributed by atoms with Crippen molar-refractivity contribution in [2.75, 3.05) is 0 Å². The quantitative estimate of drug-likeness (QED) is 0.227. The van der Waals surface area contributed by atoms with Crippen molar-refractivity contribution in [1.29, 1.82) is 0 Å². The number of aliphatic carboxylic acids is 2. The van der Waals surface area contributed by atoms with Crippen molar-refractivity contribution < 1.29 is 58.9 Å². The number of hydrogen-bond acceptors (Lipinski definition) is 5. The summed E-state index contributed by atoms with van der Waals surface area (Å²) in [6.45, 7) is 4.48. The summed E-state index contributed by atoms with van der Waals surface area (Å²) in [7, 11) is 0. The molecule has 0 saturated heterocycles. The van der Waals surface area contributed by atoms with Crippen molar-refractivity contribution in [2.24, 2.45) is 0 Å². The first-order valence-electron chi connectivity index (χ1n) is 3.30. The zero-order chi connectivity index (χ0) is 11.6. The Morgan fingerprint density at radius 1 is 1.33 bits per heavy atom. The molecule has 0 aliphatic carbocycles. The molecule has 0 aromatic rings. The summed E-state index contributed by atoms with van der Waals surface area (Å²) in [5.41, 5.74) is 0. The number of esters is 1. The molecule has 0 aromatic heterocycles. The number of rotatable bonds is 3. The van der Waals surface area contributed by atoms with Crippen LogP contribution in [0.4, 0.5) is 0 Å². The molecule has 15 heavy (non-hydrogen) atoms. The van der Waals surface area contributed by atoms with Gasteiger partial charge in [-0.1, -0.05) is 6.58 Å². The van der Waals surface area contributed by atoms with Crippen LogP contribution in [0.15, 0.2) is 25.0 Å². The van der Waals surface area contributed by atoms with Crippen molar-refractivity contribution in [1.82, 2.24) is 0 Å². The van der Waals surface area contributed by atoms with Gasteiger partial charge in [0.15, 0.2) is 0 Å². The van der Waals surface area contributed by atoms with Gasteiger partial charge in [0.05, 0.1) is 12.2 Å². The van der Waals surface area contributed by atoms with Crippen molar-refractivity contribution in [3.63, 3.8) is 0 Å². The third kappa shape index (κ3) is 32.2. The van der Waals surface area contributed by atoms with Gasteiger partial charge >= 0.3 is 41.5 Å². The molecule has 0 heterocycles. The summed E-state index contributed by atoms with van der Waals surface area (Å²) in [5.74, 6) is -3.13. The van der Waals surface area contributed by atoms with Gasteiger partial charge < -0.3 is 19.7 Å². The Morgan fingerprint density at radius 3 is 1.87 bits per heavy atom. The van der Waals surface area contributed by atoms with Crippen LogP contribution < -0.4 is 34.7 Å². The molecule has 0 atom stereocenters. The third-order valence-electron chi connectivity index (χ3n) is 0.611. The molecule has 0 aliphatic rings. The number of ether oxygens (including phenoxy) is 1. The van der Waals surface area contributed by atoms with Crippen LogP contribution >= 0.6 is 0 Å². The minimum absolute atomic E-state index is 0. The zero-order valence-electron chi connectivity index (χ0n) is 8.43. The SMILES string of the molecule is C=COC(C)=O.O=C([O-])C=CC(=O)O.[Na+]. The van der Waals surface area contributed by atoms with Gasteiger partial charge in [-0.25, -0.2) is 4.79 Å². The number of hydrogen-bond donors (Lipinski definition) is 1. The second-order valence-electron chi connectivity index (χ2n) is 1.77. The van der Waals surface area contributed by atoms with Crippen LogP contribution in [0.1, 0.15) is 6.92 Å². The minimum atomic E-state index is -1.51. The molecule has 1 N–H and O–H groups in total. The second kappa shape index (κ2) is 12.9. The van der Waals surface area contributed by atoms with E-state index in [2.05, 4.69) is 11.3 Å². The van der Waals surface area contributed by atoms with Gasteiger partial charge in [-0.2, -0.15) is 0 Å². The maximum Gasteiger partial charge on any atom is 1.00 e. The molecule has 0 spiro atoms. The number of carboxylic acid groups (broad SMARTS) is 2. The molecule has 0 aromatic carbocycles. The van der Waals surface area contributed by atoms with E-state index >= 15 is 0 Å². The molecule has 0 radical (unpaired) electrons. The molecule has 0 aliphatic heterocycles. The monoisotopic (exact) mass is 224 g/mol. The molecule has 6 nitrogen and oxygen atoms in total.